The van der Waals surface area contributed by atoms with Gasteiger partial charge in [0, 0.05) is 24.5 Å². The number of rotatable bonds is 4. The number of benzene rings is 1. The van der Waals surface area contributed by atoms with Gasteiger partial charge in [-0.3, -0.25) is 4.79 Å². The number of ether oxygens (including phenoxy) is 1. The number of morpholine rings is 1. The molecule has 0 aromatic heterocycles. The van der Waals surface area contributed by atoms with Crippen LogP contribution in [-0.2, 0) is 9.53 Å². The van der Waals surface area contributed by atoms with Gasteiger partial charge in [-0.15, -0.1) is 12.4 Å². The molecule has 0 saturated carbocycles. The highest BCUT2D eigenvalue weighted by Crippen LogP contribution is 2.14. The van der Waals surface area contributed by atoms with E-state index in [1.54, 1.807) is 24.3 Å². The van der Waals surface area contributed by atoms with E-state index in [9.17, 15) is 9.59 Å². The lowest BCUT2D eigenvalue weighted by Gasteiger charge is -2.23. The Morgan fingerprint density at radius 3 is 2.38 bits per heavy atom. The fourth-order valence-corrected chi connectivity index (χ4v) is 1.95. The van der Waals surface area contributed by atoms with Crippen LogP contribution in [0.15, 0.2) is 24.3 Å². The average Bonchev–Trinajstić information content (AvgIpc) is 2.41. The molecule has 0 aliphatic carbocycles. The molecule has 1 aromatic carbocycles. The van der Waals surface area contributed by atoms with Crippen molar-refractivity contribution in [2.45, 2.75) is 12.5 Å². The van der Waals surface area contributed by atoms with E-state index in [4.69, 9.17) is 10.5 Å². The molecule has 8 heteroatoms. The Hall–Kier alpha value is -1.83. The molecule has 2 rings (SSSR count). The standard InChI is InChI=1S/C13H18N4O3.ClH/c14-13(19)17-10-3-1-9(2-4-10)16-12(18)7-11-8-15-5-6-20-11;/h1-4,11,15H,5-8H2,(H,16,18)(H3,14,17,19);1H. The number of hydrogen-bond donors (Lipinski definition) is 4. The van der Waals surface area contributed by atoms with Gasteiger partial charge in [0.25, 0.3) is 0 Å². The van der Waals surface area contributed by atoms with Gasteiger partial charge in [0.2, 0.25) is 5.91 Å². The predicted octanol–water partition coefficient (Wildman–Crippen LogP) is 0.916. The summed E-state index contributed by atoms with van der Waals surface area (Å²) in [5.41, 5.74) is 6.25. The molecule has 0 bridgehead atoms. The smallest absolute Gasteiger partial charge is 0.316 e. The summed E-state index contributed by atoms with van der Waals surface area (Å²) in [5, 5.41) is 8.40. The van der Waals surface area contributed by atoms with Crippen molar-refractivity contribution in [2.24, 2.45) is 5.73 Å². The van der Waals surface area contributed by atoms with Gasteiger partial charge in [0.1, 0.15) is 0 Å². The third-order valence-electron chi connectivity index (χ3n) is 2.85. The first-order valence-electron chi connectivity index (χ1n) is 6.42. The zero-order valence-electron chi connectivity index (χ0n) is 11.4. The Kier molecular flexibility index (Phi) is 6.93. The van der Waals surface area contributed by atoms with Crippen LogP contribution in [-0.4, -0.2) is 37.7 Å². The molecule has 7 nitrogen and oxygen atoms in total. The van der Waals surface area contributed by atoms with Crippen LogP contribution in [0.25, 0.3) is 0 Å². The number of nitrogens with two attached hydrogens (primary N) is 1. The molecule has 3 amide bonds. The van der Waals surface area contributed by atoms with Crippen LogP contribution in [0.3, 0.4) is 0 Å². The van der Waals surface area contributed by atoms with Crippen molar-refractivity contribution in [1.82, 2.24) is 5.32 Å². The largest absolute Gasteiger partial charge is 0.375 e. The third kappa shape index (κ3) is 5.99. The predicted molar refractivity (Wildman–Crippen MR) is 82.8 cm³/mol. The molecule has 1 atom stereocenters. The zero-order valence-corrected chi connectivity index (χ0v) is 12.2. The van der Waals surface area contributed by atoms with E-state index >= 15 is 0 Å². The molecule has 1 aromatic rings. The van der Waals surface area contributed by atoms with Crippen molar-refractivity contribution >= 4 is 35.7 Å². The number of hydrogen-bond acceptors (Lipinski definition) is 4. The monoisotopic (exact) mass is 314 g/mol. The van der Waals surface area contributed by atoms with Crippen LogP contribution in [0.5, 0.6) is 0 Å². The van der Waals surface area contributed by atoms with Crippen LogP contribution in [0, 0.1) is 0 Å². The van der Waals surface area contributed by atoms with Gasteiger partial charge >= 0.3 is 6.03 Å². The Balaban J connectivity index is 0.00000220. The minimum atomic E-state index is -0.622. The first-order chi connectivity index (χ1) is 9.63. The molecule has 1 aliphatic rings. The van der Waals surface area contributed by atoms with E-state index in [1.807, 2.05) is 0 Å². The molecule has 1 fully saturated rings. The highest BCUT2D eigenvalue weighted by atomic mass is 35.5. The fraction of sp³-hybridized carbons (Fsp3) is 0.385. The van der Waals surface area contributed by atoms with Gasteiger partial charge < -0.3 is 26.4 Å². The maximum Gasteiger partial charge on any atom is 0.316 e. The molecule has 116 valence electrons. The first kappa shape index (κ1) is 17.2. The van der Waals surface area contributed by atoms with E-state index < -0.39 is 6.03 Å². The average molecular weight is 315 g/mol. The second-order valence-electron chi connectivity index (χ2n) is 4.52. The Morgan fingerprint density at radius 1 is 1.24 bits per heavy atom. The summed E-state index contributed by atoms with van der Waals surface area (Å²) in [7, 11) is 0. The van der Waals surface area contributed by atoms with Crippen molar-refractivity contribution in [2.75, 3.05) is 30.3 Å². The number of anilines is 2. The first-order valence-corrected chi connectivity index (χ1v) is 6.42. The number of urea groups is 1. The summed E-state index contributed by atoms with van der Waals surface area (Å²) in [6.45, 7) is 2.15. The van der Waals surface area contributed by atoms with Gasteiger partial charge in [-0.2, -0.15) is 0 Å². The minimum absolute atomic E-state index is 0. The van der Waals surface area contributed by atoms with Crippen LogP contribution < -0.4 is 21.7 Å². The molecule has 1 aliphatic heterocycles. The van der Waals surface area contributed by atoms with Crippen molar-refractivity contribution in [3.05, 3.63) is 24.3 Å². The van der Waals surface area contributed by atoms with Gasteiger partial charge in [0.05, 0.1) is 19.1 Å². The van der Waals surface area contributed by atoms with Crippen LogP contribution in [0.1, 0.15) is 6.42 Å². The summed E-state index contributed by atoms with van der Waals surface area (Å²) >= 11 is 0. The highest BCUT2D eigenvalue weighted by molar-refractivity contribution is 5.92. The molecule has 21 heavy (non-hydrogen) atoms. The lowest BCUT2D eigenvalue weighted by Crippen LogP contribution is -2.40. The Bertz CT molecular complexity index is 475. The maximum absolute atomic E-state index is 11.8. The topological polar surface area (TPSA) is 105 Å². The normalized spacial score (nSPS) is 17.4. The molecule has 5 N–H and O–H groups in total. The van der Waals surface area contributed by atoms with Crippen molar-refractivity contribution in [1.29, 1.82) is 0 Å². The second kappa shape index (κ2) is 8.46. The lowest BCUT2D eigenvalue weighted by atomic mass is 10.2. The third-order valence-corrected chi connectivity index (χ3v) is 2.85. The quantitative estimate of drug-likeness (QED) is 0.663. The van der Waals surface area contributed by atoms with E-state index in [0.29, 0.717) is 30.9 Å². The van der Waals surface area contributed by atoms with Crippen LogP contribution in [0.2, 0.25) is 0 Å². The van der Waals surface area contributed by atoms with E-state index in [2.05, 4.69) is 16.0 Å². The fourth-order valence-electron chi connectivity index (χ4n) is 1.95. The van der Waals surface area contributed by atoms with Gasteiger partial charge in [-0.05, 0) is 24.3 Å². The van der Waals surface area contributed by atoms with E-state index in [1.165, 1.54) is 0 Å². The number of primary amides is 1. The second-order valence-corrected chi connectivity index (χ2v) is 4.52. The molecule has 0 spiro atoms. The Labute approximate surface area is 129 Å². The molecular formula is C13H19ClN4O3. The molecule has 1 saturated heterocycles. The SMILES string of the molecule is Cl.NC(=O)Nc1ccc(NC(=O)CC2CNCCO2)cc1. The number of nitrogens with one attached hydrogen (secondary N) is 3. The summed E-state index contributed by atoms with van der Waals surface area (Å²) < 4.78 is 5.46. The zero-order chi connectivity index (χ0) is 14.4. The number of halogens is 1. The van der Waals surface area contributed by atoms with Crippen LogP contribution in [0.4, 0.5) is 16.2 Å². The number of amides is 3. The van der Waals surface area contributed by atoms with Crippen molar-refractivity contribution in [3.63, 3.8) is 0 Å². The Morgan fingerprint density at radius 2 is 1.86 bits per heavy atom. The number of carbonyl (C=O) groups is 2. The van der Waals surface area contributed by atoms with Gasteiger partial charge in [-0.25, -0.2) is 4.79 Å². The minimum Gasteiger partial charge on any atom is -0.375 e. The van der Waals surface area contributed by atoms with Crippen molar-refractivity contribution in [3.8, 4) is 0 Å². The molecular weight excluding hydrogens is 296 g/mol. The summed E-state index contributed by atoms with van der Waals surface area (Å²) in [6, 6.07) is 6.11. The molecule has 1 unspecified atom stereocenters. The highest BCUT2D eigenvalue weighted by Gasteiger charge is 2.17. The van der Waals surface area contributed by atoms with E-state index in [0.717, 1.165) is 6.54 Å². The summed E-state index contributed by atoms with van der Waals surface area (Å²) in [6.07, 6.45) is 0.230. The molecule has 1 heterocycles. The van der Waals surface area contributed by atoms with Gasteiger partial charge in [-0.1, -0.05) is 0 Å². The van der Waals surface area contributed by atoms with Crippen LogP contribution >= 0.6 is 12.4 Å². The van der Waals surface area contributed by atoms with Gasteiger partial charge in [0.15, 0.2) is 0 Å². The summed E-state index contributed by atoms with van der Waals surface area (Å²) in [4.78, 5) is 22.5. The summed E-state index contributed by atoms with van der Waals surface area (Å²) in [5.74, 6) is -0.102. The maximum atomic E-state index is 11.8. The number of carbonyl (C=O) groups excluding carboxylic acids is 2. The van der Waals surface area contributed by atoms with Crippen molar-refractivity contribution < 1.29 is 14.3 Å². The van der Waals surface area contributed by atoms with E-state index in [-0.39, 0.29) is 24.4 Å². The lowest BCUT2D eigenvalue weighted by molar-refractivity contribution is -0.119. The molecule has 0 radical (unpaired) electrons.